The Balaban J connectivity index is 2.31. The van der Waals surface area contributed by atoms with Crippen molar-refractivity contribution in [2.75, 3.05) is 20.7 Å². The molecule has 19 heavy (non-hydrogen) atoms. The smallest absolute Gasteiger partial charge is 0.323 e. The number of ether oxygens (including phenoxy) is 1. The molecule has 0 aromatic heterocycles. The first-order valence-electron chi connectivity index (χ1n) is 6.17. The molecule has 0 aliphatic heterocycles. The van der Waals surface area contributed by atoms with Crippen LogP contribution >= 0.6 is 0 Å². The van der Waals surface area contributed by atoms with Crippen LogP contribution in [0.15, 0.2) is 30.3 Å². The molecular formula is C14H20N2O3. The number of benzene rings is 1. The summed E-state index contributed by atoms with van der Waals surface area (Å²) in [6.45, 7) is -0.259. The third kappa shape index (κ3) is 5.52. The van der Waals surface area contributed by atoms with Gasteiger partial charge in [-0.1, -0.05) is 30.3 Å². The Bertz CT molecular complexity index is 418. The number of hydrogen-bond donors (Lipinski definition) is 1. The van der Waals surface area contributed by atoms with Crippen LogP contribution in [0.25, 0.3) is 0 Å². The van der Waals surface area contributed by atoms with E-state index in [1.807, 2.05) is 30.3 Å². The van der Waals surface area contributed by atoms with E-state index in [2.05, 4.69) is 0 Å². The predicted octanol–water partition coefficient (Wildman–Crippen LogP) is 0.578. The Morgan fingerprint density at radius 2 is 1.89 bits per heavy atom. The number of rotatable bonds is 6. The van der Waals surface area contributed by atoms with Gasteiger partial charge in [0.25, 0.3) is 5.91 Å². The summed E-state index contributed by atoms with van der Waals surface area (Å²) >= 11 is 0. The molecule has 0 spiro atoms. The maximum Gasteiger partial charge on any atom is 0.323 e. The van der Waals surface area contributed by atoms with Gasteiger partial charge in [0.2, 0.25) is 0 Å². The van der Waals surface area contributed by atoms with Gasteiger partial charge in [-0.3, -0.25) is 9.59 Å². The molecule has 0 aliphatic rings. The van der Waals surface area contributed by atoms with E-state index in [9.17, 15) is 9.59 Å². The Kier molecular flexibility index (Phi) is 6.02. The Hall–Kier alpha value is -1.88. The highest BCUT2D eigenvalue weighted by molar-refractivity contribution is 5.82. The lowest BCUT2D eigenvalue weighted by molar-refractivity contribution is -0.152. The van der Waals surface area contributed by atoms with Crippen molar-refractivity contribution < 1.29 is 14.3 Å². The SMILES string of the molecule is CN(C)C(=O)COC(=O)[C@@H](N)CCc1ccccc1. The topological polar surface area (TPSA) is 72.6 Å². The first kappa shape index (κ1) is 15.2. The molecule has 1 aromatic rings. The molecule has 104 valence electrons. The lowest BCUT2D eigenvalue weighted by atomic mass is 10.1. The summed E-state index contributed by atoms with van der Waals surface area (Å²) in [7, 11) is 3.21. The lowest BCUT2D eigenvalue weighted by Crippen LogP contribution is -2.36. The largest absolute Gasteiger partial charge is 0.454 e. The number of nitrogens with two attached hydrogens (primary N) is 1. The third-order valence-electron chi connectivity index (χ3n) is 2.73. The highest BCUT2D eigenvalue weighted by Gasteiger charge is 2.16. The molecule has 2 N–H and O–H groups in total. The van der Waals surface area contributed by atoms with Gasteiger partial charge in [-0.25, -0.2) is 0 Å². The monoisotopic (exact) mass is 264 g/mol. The van der Waals surface area contributed by atoms with Gasteiger partial charge in [0, 0.05) is 14.1 Å². The zero-order valence-electron chi connectivity index (χ0n) is 11.3. The van der Waals surface area contributed by atoms with Gasteiger partial charge >= 0.3 is 5.97 Å². The number of nitrogens with zero attached hydrogens (tertiary/aromatic N) is 1. The van der Waals surface area contributed by atoms with Crippen molar-refractivity contribution in [3.63, 3.8) is 0 Å². The van der Waals surface area contributed by atoms with Gasteiger partial charge in [-0.2, -0.15) is 0 Å². The minimum absolute atomic E-state index is 0.259. The van der Waals surface area contributed by atoms with Gasteiger partial charge < -0.3 is 15.4 Å². The van der Waals surface area contributed by atoms with E-state index in [-0.39, 0.29) is 12.5 Å². The standard InChI is InChI=1S/C14H20N2O3/c1-16(2)13(17)10-19-14(18)12(15)9-8-11-6-4-3-5-7-11/h3-7,12H,8-10,15H2,1-2H3/t12-/m0/s1. The summed E-state index contributed by atoms with van der Waals surface area (Å²) in [5.74, 6) is -0.797. The summed E-state index contributed by atoms with van der Waals surface area (Å²) in [6, 6.07) is 9.07. The van der Waals surface area contributed by atoms with Crippen LogP contribution in [0.5, 0.6) is 0 Å². The van der Waals surface area contributed by atoms with E-state index in [4.69, 9.17) is 10.5 Å². The molecule has 0 radical (unpaired) electrons. The fourth-order valence-corrected chi connectivity index (χ4v) is 1.45. The molecule has 1 atom stereocenters. The molecule has 1 rings (SSSR count). The number of esters is 1. The number of hydrogen-bond acceptors (Lipinski definition) is 4. The van der Waals surface area contributed by atoms with Crippen molar-refractivity contribution in [1.82, 2.24) is 4.90 Å². The Morgan fingerprint density at radius 1 is 1.26 bits per heavy atom. The molecule has 0 aliphatic carbocycles. The molecule has 1 aromatic carbocycles. The van der Waals surface area contributed by atoms with Gasteiger partial charge in [0.1, 0.15) is 6.04 Å². The zero-order valence-corrected chi connectivity index (χ0v) is 11.3. The average Bonchev–Trinajstić information content (AvgIpc) is 2.42. The summed E-state index contributed by atoms with van der Waals surface area (Å²) in [5, 5.41) is 0. The fourth-order valence-electron chi connectivity index (χ4n) is 1.45. The summed E-state index contributed by atoms with van der Waals surface area (Å²) in [6.07, 6.45) is 1.21. The van der Waals surface area contributed by atoms with Crippen LogP contribution in [0.3, 0.4) is 0 Å². The minimum atomic E-state index is -0.699. The second-order valence-electron chi connectivity index (χ2n) is 4.53. The van der Waals surface area contributed by atoms with Crippen LogP contribution in [0.1, 0.15) is 12.0 Å². The van der Waals surface area contributed by atoms with Crippen molar-refractivity contribution in [1.29, 1.82) is 0 Å². The maximum absolute atomic E-state index is 11.6. The number of likely N-dealkylation sites (N-methyl/N-ethyl adjacent to an activating group) is 1. The lowest BCUT2D eigenvalue weighted by Gasteiger charge is -2.13. The van der Waals surface area contributed by atoms with Crippen LogP contribution in [0, 0.1) is 0 Å². The molecular weight excluding hydrogens is 244 g/mol. The van der Waals surface area contributed by atoms with E-state index in [1.54, 1.807) is 14.1 Å². The molecule has 0 bridgehead atoms. The second-order valence-corrected chi connectivity index (χ2v) is 4.53. The van der Waals surface area contributed by atoms with Crippen molar-refractivity contribution in [3.05, 3.63) is 35.9 Å². The van der Waals surface area contributed by atoms with Crippen molar-refractivity contribution in [2.45, 2.75) is 18.9 Å². The van der Waals surface area contributed by atoms with E-state index < -0.39 is 12.0 Å². The quantitative estimate of drug-likeness (QED) is 0.763. The second kappa shape index (κ2) is 7.53. The molecule has 0 unspecified atom stereocenters. The van der Waals surface area contributed by atoms with Gasteiger partial charge in [0.15, 0.2) is 6.61 Å². The molecule has 0 heterocycles. The number of amides is 1. The van der Waals surface area contributed by atoms with Crippen LogP contribution in [0.2, 0.25) is 0 Å². The number of aryl methyl sites for hydroxylation is 1. The van der Waals surface area contributed by atoms with E-state index in [0.717, 1.165) is 5.56 Å². The molecule has 0 saturated heterocycles. The Morgan fingerprint density at radius 3 is 2.47 bits per heavy atom. The van der Waals surface area contributed by atoms with Crippen molar-refractivity contribution in [3.8, 4) is 0 Å². The Labute approximate surface area is 113 Å². The summed E-state index contributed by atoms with van der Waals surface area (Å²) < 4.78 is 4.86. The molecule has 0 fully saturated rings. The average molecular weight is 264 g/mol. The minimum Gasteiger partial charge on any atom is -0.454 e. The maximum atomic E-state index is 11.6. The first-order chi connectivity index (χ1) is 9.00. The predicted molar refractivity (Wildman–Crippen MR) is 72.4 cm³/mol. The first-order valence-corrected chi connectivity index (χ1v) is 6.17. The van der Waals surface area contributed by atoms with Crippen LogP contribution in [-0.4, -0.2) is 43.5 Å². The van der Waals surface area contributed by atoms with Crippen LogP contribution < -0.4 is 5.73 Å². The highest BCUT2D eigenvalue weighted by atomic mass is 16.5. The highest BCUT2D eigenvalue weighted by Crippen LogP contribution is 2.04. The fraction of sp³-hybridized carbons (Fsp3) is 0.429. The van der Waals surface area contributed by atoms with Gasteiger partial charge in [0.05, 0.1) is 0 Å². The summed E-state index contributed by atoms with van der Waals surface area (Å²) in [4.78, 5) is 24.2. The zero-order chi connectivity index (χ0) is 14.3. The van der Waals surface area contributed by atoms with Crippen molar-refractivity contribution >= 4 is 11.9 Å². The van der Waals surface area contributed by atoms with Crippen molar-refractivity contribution in [2.24, 2.45) is 5.73 Å². The summed E-state index contributed by atoms with van der Waals surface area (Å²) in [5.41, 5.74) is 6.85. The van der Waals surface area contributed by atoms with E-state index in [1.165, 1.54) is 4.90 Å². The normalized spacial score (nSPS) is 11.7. The van der Waals surface area contributed by atoms with E-state index in [0.29, 0.717) is 12.8 Å². The molecule has 1 amide bonds. The van der Waals surface area contributed by atoms with Gasteiger partial charge in [-0.15, -0.1) is 0 Å². The third-order valence-corrected chi connectivity index (χ3v) is 2.73. The number of carbonyl (C=O) groups excluding carboxylic acids is 2. The van der Waals surface area contributed by atoms with E-state index >= 15 is 0 Å². The molecule has 0 saturated carbocycles. The molecule has 5 nitrogen and oxygen atoms in total. The van der Waals surface area contributed by atoms with Gasteiger partial charge in [-0.05, 0) is 18.4 Å². The van der Waals surface area contributed by atoms with Crippen LogP contribution in [0.4, 0.5) is 0 Å². The molecule has 5 heteroatoms. The van der Waals surface area contributed by atoms with Crippen LogP contribution in [-0.2, 0) is 20.7 Å². The number of carbonyl (C=O) groups is 2.